The van der Waals surface area contributed by atoms with Crippen LogP contribution in [0, 0.1) is 0 Å². The molecule has 0 aliphatic heterocycles. The number of fused-ring (bicyclic) bond motifs is 1. The van der Waals surface area contributed by atoms with Crippen LogP contribution < -0.4 is 0 Å². The van der Waals surface area contributed by atoms with Crippen molar-refractivity contribution >= 4 is 16.8 Å². The molecule has 0 N–H and O–H groups in total. The van der Waals surface area contributed by atoms with Crippen LogP contribution in [0.1, 0.15) is 25.3 Å². The zero-order valence-electron chi connectivity index (χ0n) is 12.0. The van der Waals surface area contributed by atoms with Gasteiger partial charge in [0.15, 0.2) is 0 Å². The van der Waals surface area contributed by atoms with Gasteiger partial charge in [0.25, 0.3) is 0 Å². The highest BCUT2D eigenvalue weighted by molar-refractivity contribution is 5.83. The fourth-order valence-electron chi connectivity index (χ4n) is 2.44. The minimum Gasteiger partial charge on any atom is -0.349 e. The molecule has 0 aliphatic rings. The molecule has 19 heavy (non-hydrogen) atoms. The molecule has 102 valence electrons. The summed E-state index contributed by atoms with van der Waals surface area (Å²) in [6.07, 6.45) is 4.67. The first-order valence-corrected chi connectivity index (χ1v) is 6.90. The highest BCUT2D eigenvalue weighted by atomic mass is 16.2. The van der Waals surface area contributed by atoms with Gasteiger partial charge in [0.05, 0.1) is 5.52 Å². The summed E-state index contributed by atoms with van der Waals surface area (Å²) in [4.78, 5) is 13.2. The number of hydrogen-bond donors (Lipinski definition) is 0. The Morgan fingerprint density at radius 2 is 2.05 bits per heavy atom. The molecule has 0 saturated heterocycles. The van der Waals surface area contributed by atoms with Gasteiger partial charge in [-0.3, -0.25) is 4.79 Å². The molecule has 0 bridgehead atoms. The monoisotopic (exact) mass is 258 g/mol. The molecule has 1 aromatic heterocycles. The van der Waals surface area contributed by atoms with Crippen molar-refractivity contribution in [3.8, 4) is 0 Å². The standard InChI is InChI=1S/C16H22N2O/c1-4-13-7-5-8-14-10-12-18(16(13)14)11-6-9-15(19)17(2)3/h5,7-8,10,12H,4,6,9,11H2,1-3H3. The van der Waals surface area contributed by atoms with E-state index in [4.69, 9.17) is 0 Å². The fourth-order valence-corrected chi connectivity index (χ4v) is 2.44. The zero-order valence-corrected chi connectivity index (χ0v) is 12.0. The second-order valence-electron chi connectivity index (χ2n) is 5.11. The smallest absolute Gasteiger partial charge is 0.222 e. The Labute approximate surface area is 114 Å². The maximum Gasteiger partial charge on any atom is 0.222 e. The second kappa shape index (κ2) is 5.91. The molecular formula is C16H22N2O. The Morgan fingerprint density at radius 1 is 1.26 bits per heavy atom. The molecule has 0 aliphatic carbocycles. The largest absolute Gasteiger partial charge is 0.349 e. The van der Waals surface area contributed by atoms with Crippen LogP contribution in [0.2, 0.25) is 0 Å². The summed E-state index contributed by atoms with van der Waals surface area (Å²) in [5, 5.41) is 1.29. The average molecular weight is 258 g/mol. The molecule has 0 atom stereocenters. The zero-order chi connectivity index (χ0) is 13.8. The number of benzene rings is 1. The van der Waals surface area contributed by atoms with E-state index in [0.29, 0.717) is 6.42 Å². The van der Waals surface area contributed by atoms with Crippen molar-refractivity contribution in [1.82, 2.24) is 9.47 Å². The molecule has 0 saturated carbocycles. The molecule has 3 nitrogen and oxygen atoms in total. The van der Waals surface area contributed by atoms with Gasteiger partial charge in [-0.2, -0.15) is 0 Å². The Kier molecular flexibility index (Phi) is 4.25. The van der Waals surface area contributed by atoms with Crippen LogP contribution in [0.4, 0.5) is 0 Å². The minimum atomic E-state index is 0.201. The molecule has 2 aromatic rings. The van der Waals surface area contributed by atoms with E-state index in [1.54, 1.807) is 4.90 Å². The van der Waals surface area contributed by atoms with Crippen LogP contribution in [-0.4, -0.2) is 29.5 Å². The highest BCUT2D eigenvalue weighted by Crippen LogP contribution is 2.21. The van der Waals surface area contributed by atoms with Gasteiger partial charge < -0.3 is 9.47 Å². The lowest BCUT2D eigenvalue weighted by molar-refractivity contribution is -0.128. The lowest BCUT2D eigenvalue weighted by atomic mass is 10.1. The van der Waals surface area contributed by atoms with Crippen molar-refractivity contribution < 1.29 is 4.79 Å². The van der Waals surface area contributed by atoms with Gasteiger partial charge in [0, 0.05) is 33.3 Å². The van der Waals surface area contributed by atoms with Gasteiger partial charge >= 0.3 is 0 Å². The molecule has 0 spiro atoms. The maximum atomic E-state index is 11.6. The number of amides is 1. The van der Waals surface area contributed by atoms with E-state index in [9.17, 15) is 4.79 Å². The number of aromatic nitrogens is 1. The summed E-state index contributed by atoms with van der Waals surface area (Å²) in [6, 6.07) is 8.60. The number of para-hydroxylation sites is 1. The Bertz CT molecular complexity index is 569. The molecular weight excluding hydrogens is 236 g/mol. The lowest BCUT2D eigenvalue weighted by Crippen LogP contribution is -2.21. The van der Waals surface area contributed by atoms with E-state index in [-0.39, 0.29) is 5.91 Å². The van der Waals surface area contributed by atoms with Gasteiger partial charge in [0.1, 0.15) is 0 Å². The van der Waals surface area contributed by atoms with Crippen LogP contribution in [0.3, 0.4) is 0 Å². The van der Waals surface area contributed by atoms with Crippen molar-refractivity contribution in [1.29, 1.82) is 0 Å². The third kappa shape index (κ3) is 2.98. The number of rotatable bonds is 5. The summed E-state index contributed by atoms with van der Waals surface area (Å²) in [7, 11) is 3.62. The third-order valence-electron chi connectivity index (χ3n) is 3.54. The first-order chi connectivity index (χ1) is 9.13. The van der Waals surface area contributed by atoms with Gasteiger partial charge in [0.2, 0.25) is 5.91 Å². The number of hydrogen-bond acceptors (Lipinski definition) is 1. The van der Waals surface area contributed by atoms with Crippen molar-refractivity contribution in [3.05, 3.63) is 36.0 Å². The van der Waals surface area contributed by atoms with E-state index in [2.05, 4.69) is 42.0 Å². The molecule has 1 amide bonds. The van der Waals surface area contributed by atoms with E-state index in [0.717, 1.165) is 19.4 Å². The fraction of sp³-hybridized carbons (Fsp3) is 0.438. The van der Waals surface area contributed by atoms with Gasteiger partial charge in [-0.15, -0.1) is 0 Å². The molecule has 3 heteroatoms. The summed E-state index contributed by atoms with van der Waals surface area (Å²) in [5.74, 6) is 0.201. The molecule has 1 heterocycles. The quantitative estimate of drug-likeness (QED) is 0.809. The number of aryl methyl sites for hydroxylation is 2. The Morgan fingerprint density at radius 3 is 2.74 bits per heavy atom. The number of carbonyl (C=O) groups is 1. The molecule has 0 radical (unpaired) electrons. The van der Waals surface area contributed by atoms with E-state index in [1.807, 2.05) is 14.1 Å². The summed E-state index contributed by atoms with van der Waals surface area (Å²) >= 11 is 0. The lowest BCUT2D eigenvalue weighted by Gasteiger charge is -2.11. The minimum absolute atomic E-state index is 0.201. The predicted octanol–water partition coefficient (Wildman–Crippen LogP) is 3.07. The van der Waals surface area contributed by atoms with Crippen molar-refractivity contribution in [2.75, 3.05) is 14.1 Å². The summed E-state index contributed by atoms with van der Waals surface area (Å²) < 4.78 is 2.27. The maximum absolute atomic E-state index is 11.6. The topological polar surface area (TPSA) is 25.2 Å². The van der Waals surface area contributed by atoms with Crippen molar-refractivity contribution in [3.63, 3.8) is 0 Å². The van der Waals surface area contributed by atoms with Gasteiger partial charge in [-0.1, -0.05) is 25.1 Å². The number of carbonyl (C=O) groups excluding carboxylic acids is 1. The van der Waals surface area contributed by atoms with E-state index in [1.165, 1.54) is 16.5 Å². The highest BCUT2D eigenvalue weighted by Gasteiger charge is 2.07. The SMILES string of the molecule is CCc1cccc2ccn(CCCC(=O)N(C)C)c12. The first-order valence-electron chi connectivity index (χ1n) is 6.90. The van der Waals surface area contributed by atoms with Crippen LogP contribution in [0.15, 0.2) is 30.5 Å². The first kappa shape index (κ1) is 13.7. The molecule has 1 aromatic carbocycles. The molecule has 0 fully saturated rings. The van der Waals surface area contributed by atoms with Crippen LogP contribution in [-0.2, 0) is 17.8 Å². The van der Waals surface area contributed by atoms with Crippen LogP contribution in [0.25, 0.3) is 10.9 Å². The third-order valence-corrected chi connectivity index (χ3v) is 3.54. The van der Waals surface area contributed by atoms with E-state index < -0.39 is 0 Å². The normalized spacial score (nSPS) is 10.9. The van der Waals surface area contributed by atoms with Crippen LogP contribution >= 0.6 is 0 Å². The summed E-state index contributed by atoms with van der Waals surface area (Å²) in [6.45, 7) is 3.09. The molecule has 0 unspecified atom stereocenters. The van der Waals surface area contributed by atoms with Crippen molar-refractivity contribution in [2.24, 2.45) is 0 Å². The van der Waals surface area contributed by atoms with E-state index >= 15 is 0 Å². The van der Waals surface area contributed by atoms with Gasteiger partial charge in [-0.05, 0) is 29.9 Å². The number of nitrogens with zero attached hydrogens (tertiary/aromatic N) is 2. The van der Waals surface area contributed by atoms with Gasteiger partial charge in [-0.25, -0.2) is 0 Å². The Balaban J connectivity index is 2.11. The average Bonchev–Trinajstić information content (AvgIpc) is 2.82. The summed E-state index contributed by atoms with van der Waals surface area (Å²) in [5.41, 5.74) is 2.70. The van der Waals surface area contributed by atoms with Crippen LogP contribution in [0.5, 0.6) is 0 Å². The predicted molar refractivity (Wildman–Crippen MR) is 79.2 cm³/mol. The Hall–Kier alpha value is -1.77. The van der Waals surface area contributed by atoms with Crippen molar-refractivity contribution in [2.45, 2.75) is 32.7 Å². The molecule has 2 rings (SSSR count). The second-order valence-corrected chi connectivity index (χ2v) is 5.11.